The van der Waals surface area contributed by atoms with Crippen molar-refractivity contribution in [3.8, 4) is 0 Å². The normalized spacial score (nSPS) is 20.7. The monoisotopic (exact) mass is 420 g/mol. The minimum Gasteiger partial charge on any atom is -0.355 e. The third-order valence-corrected chi connectivity index (χ3v) is 5.72. The fraction of sp³-hybridized carbons (Fsp3) is 0.571. The molecule has 2 N–H and O–H groups in total. The summed E-state index contributed by atoms with van der Waals surface area (Å²) in [5.74, 6) is -0.415. The summed E-state index contributed by atoms with van der Waals surface area (Å²) in [5.41, 5.74) is 0.729. The van der Waals surface area contributed by atoms with Crippen molar-refractivity contribution in [3.05, 3.63) is 29.3 Å². The second kappa shape index (κ2) is 10.1. The van der Waals surface area contributed by atoms with Crippen molar-refractivity contribution >= 4 is 35.0 Å². The molecule has 29 heavy (non-hydrogen) atoms. The smallest absolute Gasteiger partial charge is 0.234 e. The van der Waals surface area contributed by atoms with Crippen LogP contribution in [0.5, 0.6) is 0 Å². The molecule has 158 valence electrons. The maximum atomic E-state index is 12.7. The number of hydrogen-bond acceptors (Lipinski definition) is 4. The van der Waals surface area contributed by atoms with Crippen LogP contribution in [0.15, 0.2) is 24.3 Å². The number of rotatable bonds is 7. The number of carbonyl (C=O) groups excluding carboxylic acids is 3. The Hall–Kier alpha value is -2.12. The fourth-order valence-corrected chi connectivity index (χ4v) is 4.04. The summed E-state index contributed by atoms with van der Waals surface area (Å²) in [7, 11) is 0. The van der Waals surface area contributed by atoms with Crippen molar-refractivity contribution in [1.29, 1.82) is 0 Å². The van der Waals surface area contributed by atoms with Crippen LogP contribution in [0, 0.1) is 5.92 Å². The zero-order chi connectivity index (χ0) is 20.8. The van der Waals surface area contributed by atoms with Crippen molar-refractivity contribution in [2.45, 2.75) is 38.6 Å². The van der Waals surface area contributed by atoms with E-state index in [9.17, 15) is 14.4 Å². The van der Waals surface area contributed by atoms with Gasteiger partial charge in [0.2, 0.25) is 17.7 Å². The lowest BCUT2D eigenvalue weighted by Gasteiger charge is -2.32. The molecule has 1 aromatic rings. The Balaban J connectivity index is 1.44. The van der Waals surface area contributed by atoms with Crippen molar-refractivity contribution in [2.24, 2.45) is 5.92 Å². The minimum atomic E-state index is -0.348. The van der Waals surface area contributed by atoms with Gasteiger partial charge in [0.1, 0.15) is 0 Å². The highest BCUT2D eigenvalue weighted by Crippen LogP contribution is 2.27. The average Bonchev–Trinajstić information content (AvgIpc) is 3.10. The van der Waals surface area contributed by atoms with Crippen LogP contribution in [0.4, 0.5) is 5.69 Å². The van der Waals surface area contributed by atoms with Crippen molar-refractivity contribution < 1.29 is 14.4 Å². The molecule has 2 fully saturated rings. The lowest BCUT2D eigenvalue weighted by molar-refractivity contribution is -0.127. The van der Waals surface area contributed by atoms with E-state index < -0.39 is 0 Å². The summed E-state index contributed by atoms with van der Waals surface area (Å²) in [5, 5.41) is 6.56. The highest BCUT2D eigenvalue weighted by Gasteiger charge is 2.36. The molecule has 0 aliphatic carbocycles. The van der Waals surface area contributed by atoms with Crippen molar-refractivity contribution in [1.82, 2.24) is 15.5 Å². The number of likely N-dealkylation sites (tertiary alicyclic amines) is 1. The minimum absolute atomic E-state index is 0.0553. The first kappa shape index (κ1) is 21.6. The zero-order valence-corrected chi connectivity index (χ0v) is 17.6. The third-order valence-electron chi connectivity index (χ3n) is 5.49. The average molecular weight is 421 g/mol. The van der Waals surface area contributed by atoms with E-state index in [0.29, 0.717) is 24.7 Å². The summed E-state index contributed by atoms with van der Waals surface area (Å²) < 4.78 is 0. The maximum absolute atomic E-state index is 12.7. The van der Waals surface area contributed by atoms with Gasteiger partial charge >= 0.3 is 0 Å². The molecule has 0 bridgehead atoms. The Kier molecular flexibility index (Phi) is 7.50. The molecule has 0 radical (unpaired) electrons. The molecule has 2 heterocycles. The Morgan fingerprint density at radius 3 is 2.69 bits per heavy atom. The molecular formula is C21H29ClN4O3. The van der Waals surface area contributed by atoms with Crippen LogP contribution in [-0.2, 0) is 14.4 Å². The standard InChI is InChI=1S/C21H29ClN4O3/c1-2-8-23-19(27)14-25-9-6-17(7-10-25)24-21(29)15-11-20(28)26(13-15)18-5-3-4-16(22)12-18/h3-5,12,15,17H,2,6-11,13-14H2,1H3,(H,23,27)(H,24,29). The number of halogens is 1. The van der Waals surface area contributed by atoms with Crippen LogP contribution in [0.1, 0.15) is 32.6 Å². The SMILES string of the molecule is CCCNC(=O)CN1CCC(NC(=O)C2CC(=O)N(c3cccc(Cl)c3)C2)CC1. The van der Waals surface area contributed by atoms with Gasteiger partial charge in [0.25, 0.3) is 0 Å². The first-order chi connectivity index (χ1) is 14.0. The number of benzene rings is 1. The molecule has 0 aromatic heterocycles. The molecule has 0 saturated carbocycles. The van der Waals surface area contributed by atoms with E-state index in [0.717, 1.165) is 38.0 Å². The van der Waals surface area contributed by atoms with Gasteiger partial charge in [0.05, 0.1) is 12.5 Å². The van der Waals surface area contributed by atoms with Gasteiger partial charge < -0.3 is 15.5 Å². The molecule has 2 aliphatic heterocycles. The largest absolute Gasteiger partial charge is 0.355 e. The van der Waals surface area contributed by atoms with Gasteiger partial charge in [-0.05, 0) is 37.5 Å². The molecule has 3 rings (SSSR count). The number of carbonyl (C=O) groups is 3. The predicted molar refractivity (Wildman–Crippen MR) is 113 cm³/mol. The van der Waals surface area contributed by atoms with Crippen LogP contribution < -0.4 is 15.5 Å². The summed E-state index contributed by atoms with van der Waals surface area (Å²) in [6.45, 7) is 5.08. The van der Waals surface area contributed by atoms with Crippen LogP contribution >= 0.6 is 11.6 Å². The predicted octanol–water partition coefficient (Wildman–Crippen LogP) is 1.80. The number of piperidine rings is 1. The number of anilines is 1. The molecule has 3 amide bonds. The van der Waals surface area contributed by atoms with E-state index >= 15 is 0 Å². The van der Waals surface area contributed by atoms with E-state index in [1.54, 1.807) is 23.1 Å². The molecular weight excluding hydrogens is 392 g/mol. The molecule has 1 aromatic carbocycles. The topological polar surface area (TPSA) is 81.8 Å². The number of nitrogens with one attached hydrogen (secondary N) is 2. The van der Waals surface area contributed by atoms with E-state index in [2.05, 4.69) is 15.5 Å². The van der Waals surface area contributed by atoms with E-state index in [4.69, 9.17) is 11.6 Å². The summed E-state index contributed by atoms with van der Waals surface area (Å²) in [6, 6.07) is 7.22. The number of hydrogen-bond donors (Lipinski definition) is 2. The van der Waals surface area contributed by atoms with Crippen LogP contribution in [0.2, 0.25) is 5.02 Å². The lowest BCUT2D eigenvalue weighted by Crippen LogP contribution is -2.48. The Bertz CT molecular complexity index is 749. The second-order valence-corrected chi connectivity index (χ2v) is 8.23. The highest BCUT2D eigenvalue weighted by atomic mass is 35.5. The number of nitrogens with zero attached hydrogens (tertiary/aromatic N) is 2. The maximum Gasteiger partial charge on any atom is 0.234 e. The number of amides is 3. The quantitative estimate of drug-likeness (QED) is 0.704. The van der Waals surface area contributed by atoms with E-state index in [1.807, 2.05) is 13.0 Å². The van der Waals surface area contributed by atoms with Gasteiger partial charge in [-0.15, -0.1) is 0 Å². The van der Waals surface area contributed by atoms with Crippen LogP contribution in [0.25, 0.3) is 0 Å². The van der Waals surface area contributed by atoms with E-state index in [-0.39, 0.29) is 36.1 Å². The van der Waals surface area contributed by atoms with Gasteiger partial charge in [-0.2, -0.15) is 0 Å². The summed E-state index contributed by atoms with van der Waals surface area (Å²) in [6.07, 6.45) is 2.77. The molecule has 8 heteroatoms. The van der Waals surface area contributed by atoms with Gasteiger partial charge in [-0.3, -0.25) is 19.3 Å². The van der Waals surface area contributed by atoms with Crippen molar-refractivity contribution in [3.63, 3.8) is 0 Å². The zero-order valence-electron chi connectivity index (χ0n) is 16.8. The Morgan fingerprint density at radius 1 is 1.24 bits per heavy atom. The van der Waals surface area contributed by atoms with Crippen LogP contribution in [-0.4, -0.2) is 61.4 Å². The van der Waals surface area contributed by atoms with Gasteiger partial charge in [0.15, 0.2) is 0 Å². The molecule has 2 saturated heterocycles. The Labute approximate surface area is 176 Å². The molecule has 2 aliphatic rings. The Morgan fingerprint density at radius 2 is 2.00 bits per heavy atom. The van der Waals surface area contributed by atoms with Gasteiger partial charge in [-0.25, -0.2) is 0 Å². The molecule has 1 atom stereocenters. The first-order valence-electron chi connectivity index (χ1n) is 10.3. The van der Waals surface area contributed by atoms with E-state index in [1.165, 1.54) is 0 Å². The summed E-state index contributed by atoms with van der Waals surface area (Å²) in [4.78, 5) is 40.6. The lowest BCUT2D eigenvalue weighted by atomic mass is 10.0. The van der Waals surface area contributed by atoms with Gasteiger partial charge in [0, 0.05) is 49.4 Å². The van der Waals surface area contributed by atoms with Gasteiger partial charge in [-0.1, -0.05) is 24.6 Å². The highest BCUT2D eigenvalue weighted by molar-refractivity contribution is 6.31. The summed E-state index contributed by atoms with van der Waals surface area (Å²) >= 11 is 6.02. The molecule has 1 unspecified atom stereocenters. The third kappa shape index (κ3) is 5.93. The van der Waals surface area contributed by atoms with Crippen LogP contribution in [0.3, 0.4) is 0 Å². The first-order valence-corrected chi connectivity index (χ1v) is 10.7. The second-order valence-electron chi connectivity index (χ2n) is 7.79. The van der Waals surface area contributed by atoms with Crippen molar-refractivity contribution in [2.75, 3.05) is 37.6 Å². The fourth-order valence-electron chi connectivity index (χ4n) is 3.85. The molecule has 0 spiro atoms. The molecule has 7 nitrogen and oxygen atoms in total.